The number of piperidine rings is 1. The first-order chi connectivity index (χ1) is 8.08. The minimum Gasteiger partial charge on any atom is -0.355 e. The maximum Gasteiger partial charge on any atom is 0.132 e. The second-order valence-corrected chi connectivity index (χ2v) is 6.36. The normalized spacial score (nSPS) is 25.4. The van der Waals surface area contributed by atoms with E-state index in [0.29, 0.717) is 10.7 Å². The molecular formula is C13H20BrN3. The van der Waals surface area contributed by atoms with Crippen LogP contribution in [0, 0.1) is 5.92 Å². The lowest BCUT2D eigenvalue weighted by Crippen LogP contribution is -2.40. The number of rotatable bonds is 2. The standard InChI is InChI=1S/C13H20BrN3/c1-9(2)12-6-13(16-8-15-12)17-5-4-10(3)11(14)7-17/h6,8-11H,4-5,7H2,1-3H3. The van der Waals surface area contributed by atoms with Gasteiger partial charge in [0.1, 0.15) is 12.1 Å². The van der Waals surface area contributed by atoms with E-state index in [1.54, 1.807) is 6.33 Å². The van der Waals surface area contributed by atoms with Crippen LogP contribution in [-0.4, -0.2) is 27.9 Å². The zero-order valence-corrected chi connectivity index (χ0v) is 12.3. The molecule has 1 saturated heterocycles. The highest BCUT2D eigenvalue weighted by atomic mass is 79.9. The van der Waals surface area contributed by atoms with Crippen molar-refractivity contribution in [2.45, 2.75) is 37.9 Å². The smallest absolute Gasteiger partial charge is 0.132 e. The van der Waals surface area contributed by atoms with Crippen molar-refractivity contribution in [3.8, 4) is 0 Å². The first-order valence-electron chi connectivity index (χ1n) is 6.29. The van der Waals surface area contributed by atoms with Gasteiger partial charge in [-0.1, -0.05) is 36.7 Å². The Labute approximate surface area is 112 Å². The van der Waals surface area contributed by atoms with Gasteiger partial charge in [-0.3, -0.25) is 0 Å². The summed E-state index contributed by atoms with van der Waals surface area (Å²) in [6.07, 6.45) is 2.91. The average Bonchev–Trinajstić information content (AvgIpc) is 2.33. The molecular weight excluding hydrogens is 278 g/mol. The third-order valence-corrected chi connectivity index (χ3v) is 4.65. The van der Waals surface area contributed by atoms with Gasteiger partial charge in [0.25, 0.3) is 0 Å². The van der Waals surface area contributed by atoms with Crippen molar-refractivity contribution in [3.05, 3.63) is 18.1 Å². The molecule has 0 aromatic carbocycles. The van der Waals surface area contributed by atoms with E-state index in [2.05, 4.69) is 57.6 Å². The minimum absolute atomic E-state index is 0.459. The van der Waals surface area contributed by atoms with Crippen LogP contribution < -0.4 is 4.90 Å². The summed E-state index contributed by atoms with van der Waals surface area (Å²) in [6.45, 7) is 8.76. The molecule has 0 amide bonds. The van der Waals surface area contributed by atoms with Crippen molar-refractivity contribution in [3.63, 3.8) is 0 Å². The second kappa shape index (κ2) is 5.34. The molecule has 0 aliphatic carbocycles. The minimum atomic E-state index is 0.459. The first kappa shape index (κ1) is 12.8. The Hall–Kier alpha value is -0.640. The van der Waals surface area contributed by atoms with Crippen molar-refractivity contribution >= 4 is 21.7 Å². The molecule has 0 bridgehead atoms. The highest BCUT2D eigenvalue weighted by Crippen LogP contribution is 2.27. The Morgan fingerprint density at radius 3 is 2.82 bits per heavy atom. The summed E-state index contributed by atoms with van der Waals surface area (Å²) in [7, 11) is 0. The predicted molar refractivity (Wildman–Crippen MR) is 74.8 cm³/mol. The fraction of sp³-hybridized carbons (Fsp3) is 0.692. The molecule has 2 heterocycles. The average molecular weight is 298 g/mol. The SMILES string of the molecule is CC(C)c1cc(N2CCC(C)C(Br)C2)ncn1. The lowest BCUT2D eigenvalue weighted by atomic mass is 9.99. The molecule has 1 aliphatic rings. The fourth-order valence-electron chi connectivity index (χ4n) is 2.08. The van der Waals surface area contributed by atoms with Crippen molar-refractivity contribution in [2.24, 2.45) is 5.92 Å². The van der Waals surface area contributed by atoms with Crippen LogP contribution in [0.3, 0.4) is 0 Å². The lowest BCUT2D eigenvalue weighted by Gasteiger charge is -2.35. The lowest BCUT2D eigenvalue weighted by molar-refractivity contribution is 0.454. The molecule has 1 aromatic rings. The van der Waals surface area contributed by atoms with Crippen molar-refractivity contribution in [2.75, 3.05) is 18.0 Å². The largest absolute Gasteiger partial charge is 0.355 e. The van der Waals surface area contributed by atoms with E-state index in [1.807, 2.05) is 0 Å². The van der Waals surface area contributed by atoms with Gasteiger partial charge in [-0.15, -0.1) is 0 Å². The molecule has 94 valence electrons. The number of alkyl halides is 1. The Morgan fingerprint density at radius 1 is 1.41 bits per heavy atom. The quantitative estimate of drug-likeness (QED) is 0.785. The number of aromatic nitrogens is 2. The summed E-state index contributed by atoms with van der Waals surface area (Å²) in [6, 6.07) is 2.13. The Kier molecular flexibility index (Phi) is 4.02. The van der Waals surface area contributed by atoms with E-state index in [0.717, 1.165) is 30.5 Å². The van der Waals surface area contributed by atoms with Crippen molar-refractivity contribution < 1.29 is 0 Å². The van der Waals surface area contributed by atoms with Crippen LogP contribution in [0.4, 0.5) is 5.82 Å². The first-order valence-corrected chi connectivity index (χ1v) is 7.20. The van der Waals surface area contributed by atoms with Crippen LogP contribution in [0.1, 0.15) is 38.8 Å². The zero-order chi connectivity index (χ0) is 12.4. The molecule has 0 radical (unpaired) electrons. The summed E-state index contributed by atoms with van der Waals surface area (Å²) in [5, 5.41) is 0. The van der Waals surface area contributed by atoms with Gasteiger partial charge in [0, 0.05) is 29.7 Å². The molecule has 0 saturated carbocycles. The molecule has 1 aliphatic heterocycles. The molecule has 1 aromatic heterocycles. The van der Waals surface area contributed by atoms with Gasteiger partial charge < -0.3 is 4.90 Å². The van der Waals surface area contributed by atoms with Gasteiger partial charge in [-0.05, 0) is 18.3 Å². The van der Waals surface area contributed by atoms with Crippen LogP contribution in [0.5, 0.6) is 0 Å². The fourth-order valence-corrected chi connectivity index (χ4v) is 2.69. The number of hydrogen-bond acceptors (Lipinski definition) is 3. The van der Waals surface area contributed by atoms with Crippen LogP contribution >= 0.6 is 15.9 Å². The van der Waals surface area contributed by atoms with E-state index < -0.39 is 0 Å². The summed E-state index contributed by atoms with van der Waals surface area (Å²) >= 11 is 3.75. The molecule has 0 spiro atoms. The maximum atomic E-state index is 4.40. The van der Waals surface area contributed by atoms with Gasteiger partial charge in [-0.25, -0.2) is 9.97 Å². The van der Waals surface area contributed by atoms with Gasteiger partial charge in [0.05, 0.1) is 0 Å². The Bertz CT molecular complexity index is 381. The number of halogens is 1. The van der Waals surface area contributed by atoms with E-state index in [-0.39, 0.29) is 0 Å². The van der Waals surface area contributed by atoms with Crippen molar-refractivity contribution in [1.82, 2.24) is 9.97 Å². The van der Waals surface area contributed by atoms with Gasteiger partial charge in [0.2, 0.25) is 0 Å². The Balaban J connectivity index is 2.14. The molecule has 17 heavy (non-hydrogen) atoms. The molecule has 4 heteroatoms. The van der Waals surface area contributed by atoms with Gasteiger partial charge in [0.15, 0.2) is 0 Å². The van der Waals surface area contributed by atoms with Crippen LogP contribution in [0.2, 0.25) is 0 Å². The maximum absolute atomic E-state index is 4.40. The predicted octanol–water partition coefficient (Wildman–Crippen LogP) is 3.21. The third kappa shape index (κ3) is 2.97. The molecule has 2 atom stereocenters. The highest BCUT2D eigenvalue weighted by molar-refractivity contribution is 9.09. The monoisotopic (exact) mass is 297 g/mol. The molecule has 2 unspecified atom stereocenters. The molecule has 2 rings (SSSR count). The number of hydrogen-bond donors (Lipinski definition) is 0. The zero-order valence-electron chi connectivity index (χ0n) is 10.7. The molecule has 0 N–H and O–H groups in total. The van der Waals surface area contributed by atoms with E-state index in [1.165, 1.54) is 6.42 Å². The highest BCUT2D eigenvalue weighted by Gasteiger charge is 2.24. The summed E-state index contributed by atoms with van der Waals surface area (Å²) < 4.78 is 0. The van der Waals surface area contributed by atoms with Crippen LogP contribution in [0.25, 0.3) is 0 Å². The second-order valence-electron chi connectivity index (χ2n) is 5.18. The summed E-state index contributed by atoms with van der Waals surface area (Å²) in [4.78, 5) is 11.6. The third-order valence-electron chi connectivity index (χ3n) is 3.46. The van der Waals surface area contributed by atoms with Crippen molar-refractivity contribution in [1.29, 1.82) is 0 Å². The Morgan fingerprint density at radius 2 is 2.18 bits per heavy atom. The number of nitrogens with zero attached hydrogens (tertiary/aromatic N) is 3. The van der Waals surface area contributed by atoms with E-state index in [4.69, 9.17) is 0 Å². The van der Waals surface area contributed by atoms with Crippen LogP contribution in [0.15, 0.2) is 12.4 Å². The van der Waals surface area contributed by atoms with Gasteiger partial charge >= 0.3 is 0 Å². The summed E-state index contributed by atoms with van der Waals surface area (Å²) in [5.41, 5.74) is 1.12. The van der Waals surface area contributed by atoms with Gasteiger partial charge in [-0.2, -0.15) is 0 Å². The topological polar surface area (TPSA) is 29.0 Å². The summed E-state index contributed by atoms with van der Waals surface area (Å²) in [5.74, 6) is 2.28. The van der Waals surface area contributed by atoms with E-state index >= 15 is 0 Å². The molecule has 1 fully saturated rings. The number of anilines is 1. The van der Waals surface area contributed by atoms with E-state index in [9.17, 15) is 0 Å². The molecule has 3 nitrogen and oxygen atoms in total. The van der Waals surface area contributed by atoms with Crippen LogP contribution in [-0.2, 0) is 0 Å².